The van der Waals surface area contributed by atoms with E-state index in [9.17, 15) is 4.79 Å². The number of nitrogens with one attached hydrogen (secondary N) is 1. The highest BCUT2D eigenvalue weighted by Gasteiger charge is 2.13. The largest absolute Gasteiger partial charge is 0.451 e. The summed E-state index contributed by atoms with van der Waals surface area (Å²) in [6, 6.07) is 14.8. The lowest BCUT2D eigenvalue weighted by atomic mass is 10.1. The number of aryl methyl sites for hydroxylation is 1. The number of carbonyl (C=O) groups excluding carboxylic acids is 1. The zero-order valence-electron chi connectivity index (χ0n) is 12.2. The third kappa shape index (κ3) is 2.88. The van der Waals surface area contributed by atoms with Crippen molar-refractivity contribution in [2.45, 2.75) is 13.5 Å². The molecule has 0 aliphatic rings. The molecule has 22 heavy (non-hydrogen) atoms. The van der Waals surface area contributed by atoms with E-state index in [0.29, 0.717) is 17.2 Å². The van der Waals surface area contributed by atoms with Crippen molar-refractivity contribution in [3.05, 3.63) is 65.5 Å². The van der Waals surface area contributed by atoms with Gasteiger partial charge in [0, 0.05) is 0 Å². The summed E-state index contributed by atoms with van der Waals surface area (Å²) in [6.07, 6.45) is 0. The molecule has 0 atom stereocenters. The first-order valence-electron chi connectivity index (χ1n) is 6.94. The smallest absolute Gasteiger partial charge is 0.338 e. The van der Waals surface area contributed by atoms with Gasteiger partial charge in [0.05, 0.1) is 10.9 Å². The van der Waals surface area contributed by atoms with E-state index in [1.54, 1.807) is 12.1 Å². The fourth-order valence-electron chi connectivity index (χ4n) is 2.17. The SMILES string of the molecule is Cc1ccc(C(=O)OCc2nc3ccccc3c(N)[nH+]2)cc1. The number of hydrogen-bond acceptors (Lipinski definition) is 4. The predicted octanol–water partition coefficient (Wildman–Crippen LogP) is 2.30. The number of aromatic nitrogens is 2. The van der Waals surface area contributed by atoms with Gasteiger partial charge in [-0.3, -0.25) is 0 Å². The number of H-pyrrole nitrogens is 1. The molecule has 0 aliphatic heterocycles. The number of fused-ring (bicyclic) bond motifs is 1. The Morgan fingerprint density at radius 1 is 1.18 bits per heavy atom. The number of carbonyl (C=O) groups is 1. The number of nitrogen functional groups attached to an aromatic ring is 1. The molecule has 0 radical (unpaired) electrons. The molecule has 1 aromatic heterocycles. The highest BCUT2D eigenvalue weighted by Crippen LogP contribution is 2.14. The molecular weight excluding hydrogens is 278 g/mol. The van der Waals surface area contributed by atoms with Crippen molar-refractivity contribution in [2.75, 3.05) is 5.73 Å². The van der Waals surface area contributed by atoms with Gasteiger partial charge in [-0.15, -0.1) is 4.98 Å². The van der Waals surface area contributed by atoms with Crippen LogP contribution >= 0.6 is 0 Å². The molecule has 3 N–H and O–H groups in total. The minimum Gasteiger partial charge on any atom is -0.451 e. The van der Waals surface area contributed by atoms with Crippen molar-refractivity contribution in [1.82, 2.24) is 4.98 Å². The molecule has 5 nitrogen and oxygen atoms in total. The Hall–Kier alpha value is -2.95. The Balaban J connectivity index is 1.76. The fourth-order valence-corrected chi connectivity index (χ4v) is 2.17. The van der Waals surface area contributed by atoms with Crippen LogP contribution in [0.15, 0.2) is 48.5 Å². The average Bonchev–Trinajstić information content (AvgIpc) is 2.53. The number of para-hydroxylation sites is 1. The number of hydrogen-bond donors (Lipinski definition) is 1. The van der Waals surface area contributed by atoms with Crippen LogP contribution < -0.4 is 10.7 Å². The fraction of sp³-hybridized carbons (Fsp3) is 0.118. The van der Waals surface area contributed by atoms with Crippen molar-refractivity contribution in [1.29, 1.82) is 0 Å². The van der Waals surface area contributed by atoms with Crippen LogP contribution in [-0.4, -0.2) is 11.0 Å². The van der Waals surface area contributed by atoms with Gasteiger partial charge in [0.25, 0.3) is 5.82 Å². The van der Waals surface area contributed by atoms with E-state index in [4.69, 9.17) is 10.5 Å². The Labute approximate surface area is 127 Å². The van der Waals surface area contributed by atoms with Crippen molar-refractivity contribution in [2.24, 2.45) is 0 Å². The van der Waals surface area contributed by atoms with Gasteiger partial charge < -0.3 is 10.5 Å². The van der Waals surface area contributed by atoms with Gasteiger partial charge in [0.2, 0.25) is 5.82 Å². The quantitative estimate of drug-likeness (QED) is 0.752. The van der Waals surface area contributed by atoms with E-state index < -0.39 is 0 Å². The second-order valence-electron chi connectivity index (χ2n) is 5.06. The summed E-state index contributed by atoms with van der Waals surface area (Å²) in [6.45, 7) is 2.01. The first kappa shape index (κ1) is 14.0. The lowest BCUT2D eigenvalue weighted by molar-refractivity contribution is -0.381. The maximum absolute atomic E-state index is 12.0. The highest BCUT2D eigenvalue weighted by molar-refractivity contribution is 5.89. The van der Waals surface area contributed by atoms with Gasteiger partial charge in [-0.05, 0) is 31.2 Å². The van der Waals surface area contributed by atoms with Gasteiger partial charge in [-0.25, -0.2) is 9.78 Å². The Morgan fingerprint density at radius 2 is 1.91 bits per heavy atom. The maximum Gasteiger partial charge on any atom is 0.338 e. The molecule has 5 heteroatoms. The molecule has 0 bridgehead atoms. The van der Waals surface area contributed by atoms with E-state index in [1.807, 2.05) is 43.3 Å². The van der Waals surface area contributed by atoms with Crippen molar-refractivity contribution >= 4 is 22.7 Å². The molecule has 0 spiro atoms. The van der Waals surface area contributed by atoms with Gasteiger partial charge in [-0.1, -0.05) is 29.8 Å². The molecule has 3 aromatic rings. The number of nitrogens with zero attached hydrogens (tertiary/aromatic N) is 1. The number of anilines is 1. The molecule has 1 heterocycles. The van der Waals surface area contributed by atoms with Crippen LogP contribution in [0.1, 0.15) is 21.7 Å². The van der Waals surface area contributed by atoms with E-state index in [-0.39, 0.29) is 12.6 Å². The van der Waals surface area contributed by atoms with Crippen molar-refractivity contribution in [3.8, 4) is 0 Å². The molecule has 0 aliphatic carbocycles. The minimum absolute atomic E-state index is 0.0434. The second kappa shape index (κ2) is 5.81. The van der Waals surface area contributed by atoms with E-state index in [1.165, 1.54) is 0 Å². The predicted molar refractivity (Wildman–Crippen MR) is 83.0 cm³/mol. The van der Waals surface area contributed by atoms with Gasteiger partial charge in [-0.2, -0.15) is 0 Å². The molecule has 110 valence electrons. The lowest BCUT2D eigenvalue weighted by Gasteiger charge is -2.04. The summed E-state index contributed by atoms with van der Waals surface area (Å²) >= 11 is 0. The number of esters is 1. The average molecular weight is 294 g/mol. The molecular formula is C17H16N3O2+. The number of ether oxygens (including phenoxy) is 1. The zero-order chi connectivity index (χ0) is 15.5. The summed E-state index contributed by atoms with van der Waals surface area (Å²) in [4.78, 5) is 19.3. The molecule has 0 fully saturated rings. The van der Waals surface area contributed by atoms with Crippen LogP contribution in [-0.2, 0) is 11.3 Å². The van der Waals surface area contributed by atoms with Crippen LogP contribution in [0.4, 0.5) is 5.82 Å². The van der Waals surface area contributed by atoms with E-state index >= 15 is 0 Å². The Morgan fingerprint density at radius 3 is 2.68 bits per heavy atom. The first-order chi connectivity index (χ1) is 10.6. The first-order valence-corrected chi connectivity index (χ1v) is 6.94. The van der Waals surface area contributed by atoms with Crippen molar-refractivity contribution < 1.29 is 14.5 Å². The lowest BCUT2D eigenvalue weighted by Crippen LogP contribution is -2.21. The summed E-state index contributed by atoms with van der Waals surface area (Å²) in [5.74, 6) is 0.630. The molecule has 2 aromatic carbocycles. The highest BCUT2D eigenvalue weighted by atomic mass is 16.5. The van der Waals surface area contributed by atoms with Crippen LogP contribution in [0.2, 0.25) is 0 Å². The van der Waals surface area contributed by atoms with Crippen LogP contribution in [0.5, 0.6) is 0 Å². The number of benzene rings is 2. The van der Waals surface area contributed by atoms with Crippen LogP contribution in [0.25, 0.3) is 10.9 Å². The van der Waals surface area contributed by atoms with Gasteiger partial charge in [0.15, 0.2) is 12.1 Å². The standard InChI is InChI=1S/C17H15N3O2/c1-11-6-8-12(9-7-11)17(21)22-10-15-19-14-5-3-2-4-13(14)16(18)20-15/h2-9H,10H2,1H3,(H2,18,19,20)/p+1. The van der Waals surface area contributed by atoms with Crippen LogP contribution in [0.3, 0.4) is 0 Å². The van der Waals surface area contributed by atoms with Crippen LogP contribution in [0, 0.1) is 6.92 Å². The zero-order valence-corrected chi connectivity index (χ0v) is 12.2. The molecule has 0 saturated carbocycles. The normalized spacial score (nSPS) is 10.6. The topological polar surface area (TPSA) is 79.3 Å². The van der Waals surface area contributed by atoms with E-state index in [0.717, 1.165) is 16.5 Å². The summed E-state index contributed by atoms with van der Waals surface area (Å²) in [7, 11) is 0. The number of aromatic amines is 1. The Kier molecular flexibility index (Phi) is 3.70. The monoisotopic (exact) mass is 294 g/mol. The number of rotatable bonds is 3. The molecule has 3 rings (SSSR count). The third-order valence-electron chi connectivity index (χ3n) is 3.36. The molecule has 0 amide bonds. The minimum atomic E-state index is -0.387. The maximum atomic E-state index is 12.0. The summed E-state index contributed by atoms with van der Waals surface area (Å²) < 4.78 is 5.27. The Bertz CT molecular complexity index is 829. The number of nitrogens with two attached hydrogens (primary N) is 1. The summed E-state index contributed by atoms with van der Waals surface area (Å²) in [5.41, 5.74) is 8.32. The van der Waals surface area contributed by atoms with Gasteiger partial charge in [0.1, 0.15) is 0 Å². The molecule has 0 saturated heterocycles. The van der Waals surface area contributed by atoms with Crippen molar-refractivity contribution in [3.63, 3.8) is 0 Å². The third-order valence-corrected chi connectivity index (χ3v) is 3.36. The van der Waals surface area contributed by atoms with Gasteiger partial charge >= 0.3 is 5.97 Å². The van der Waals surface area contributed by atoms with E-state index in [2.05, 4.69) is 9.97 Å². The second-order valence-corrected chi connectivity index (χ2v) is 5.06. The summed E-state index contributed by atoms with van der Waals surface area (Å²) in [5, 5.41) is 0.844. The molecule has 0 unspecified atom stereocenters.